The Balaban J connectivity index is 3.41. The zero-order valence-corrected chi connectivity index (χ0v) is 13.1. The molecule has 114 valence electrons. The molecule has 0 spiro atoms. The zero-order chi connectivity index (χ0) is 16.2. The van der Waals surface area contributed by atoms with Crippen molar-refractivity contribution in [3.63, 3.8) is 0 Å². The van der Waals surface area contributed by atoms with Gasteiger partial charge in [0.05, 0.1) is 4.83 Å². The van der Waals surface area contributed by atoms with Gasteiger partial charge in [-0.2, -0.15) is 13.2 Å². The molecule has 1 atom stereocenters. The Labute approximate surface area is 131 Å². The van der Waals surface area contributed by atoms with E-state index < -0.39 is 33.8 Å². The van der Waals surface area contributed by atoms with Crippen molar-refractivity contribution in [1.29, 1.82) is 0 Å². The molecular formula is C13H10BrF3O3S. The van der Waals surface area contributed by atoms with Crippen molar-refractivity contribution in [3.8, 4) is 0 Å². The Morgan fingerprint density at radius 3 is 2.48 bits per heavy atom. The molecule has 0 aliphatic carbocycles. The van der Waals surface area contributed by atoms with Crippen LogP contribution in [0.3, 0.4) is 0 Å². The van der Waals surface area contributed by atoms with E-state index in [2.05, 4.69) is 15.9 Å². The maximum Gasteiger partial charge on any atom is 0.446 e. The second-order valence-corrected chi connectivity index (χ2v) is 6.40. The molecule has 0 aliphatic rings. The SMILES string of the molecule is CC(Br)C(=O)c1c(C=CC(=O)O)cccc1SC(F)(F)F. The molecule has 1 unspecified atom stereocenters. The summed E-state index contributed by atoms with van der Waals surface area (Å²) in [5.74, 6) is -1.80. The van der Waals surface area contributed by atoms with Gasteiger partial charge < -0.3 is 5.11 Å². The lowest BCUT2D eigenvalue weighted by atomic mass is 10.0. The van der Waals surface area contributed by atoms with E-state index >= 15 is 0 Å². The molecule has 0 heterocycles. The Morgan fingerprint density at radius 2 is 2.00 bits per heavy atom. The van der Waals surface area contributed by atoms with Crippen molar-refractivity contribution in [2.45, 2.75) is 22.2 Å². The highest BCUT2D eigenvalue weighted by Gasteiger charge is 2.32. The number of alkyl halides is 4. The predicted octanol–water partition coefficient (Wildman–Crippen LogP) is 4.36. The van der Waals surface area contributed by atoms with E-state index in [4.69, 9.17) is 5.11 Å². The molecule has 0 bridgehead atoms. The minimum atomic E-state index is -4.54. The quantitative estimate of drug-likeness (QED) is 0.355. The molecule has 0 amide bonds. The van der Waals surface area contributed by atoms with Gasteiger partial charge in [-0.05, 0) is 36.4 Å². The number of Topliss-reactive ketones (excluding diaryl/α,β-unsaturated/α-hetero) is 1. The molecule has 1 aromatic carbocycles. The van der Waals surface area contributed by atoms with Crippen molar-refractivity contribution < 1.29 is 27.9 Å². The van der Waals surface area contributed by atoms with E-state index in [9.17, 15) is 22.8 Å². The summed E-state index contributed by atoms with van der Waals surface area (Å²) >= 11 is 2.62. The van der Waals surface area contributed by atoms with Crippen LogP contribution in [0.5, 0.6) is 0 Å². The molecule has 0 aliphatic heterocycles. The van der Waals surface area contributed by atoms with E-state index in [-0.39, 0.29) is 16.0 Å². The van der Waals surface area contributed by atoms with Gasteiger partial charge in [-0.25, -0.2) is 4.79 Å². The first kappa shape index (κ1) is 17.8. The molecule has 0 saturated heterocycles. The summed E-state index contributed by atoms with van der Waals surface area (Å²) in [6.45, 7) is 1.49. The fraction of sp³-hybridized carbons (Fsp3) is 0.231. The second kappa shape index (κ2) is 7.13. The Kier molecular flexibility index (Phi) is 6.03. The Hall–Kier alpha value is -1.28. The number of carbonyl (C=O) groups is 2. The van der Waals surface area contributed by atoms with Crippen LogP contribution in [0.2, 0.25) is 0 Å². The standard InChI is InChI=1S/C13H10BrF3O3S/c1-7(14)12(20)11-8(5-6-10(18)19)3-2-4-9(11)21-13(15,16)17/h2-7H,1H3,(H,18,19). The van der Waals surface area contributed by atoms with Crippen molar-refractivity contribution in [2.75, 3.05) is 0 Å². The van der Waals surface area contributed by atoms with Gasteiger partial charge in [0.15, 0.2) is 5.78 Å². The van der Waals surface area contributed by atoms with Crippen molar-refractivity contribution >= 4 is 45.5 Å². The number of benzene rings is 1. The molecule has 8 heteroatoms. The largest absolute Gasteiger partial charge is 0.478 e. The molecule has 1 rings (SSSR count). The minimum absolute atomic E-state index is 0.128. The van der Waals surface area contributed by atoms with Gasteiger partial charge in [0, 0.05) is 16.5 Å². The number of carboxylic acid groups (broad SMARTS) is 1. The lowest BCUT2D eigenvalue weighted by Gasteiger charge is -2.14. The molecule has 1 N–H and O–H groups in total. The monoisotopic (exact) mass is 382 g/mol. The molecule has 3 nitrogen and oxygen atoms in total. The topological polar surface area (TPSA) is 54.4 Å². The summed E-state index contributed by atoms with van der Waals surface area (Å²) in [5, 5.41) is 8.60. The number of carbonyl (C=O) groups excluding carboxylic acids is 1. The highest BCUT2D eigenvalue weighted by atomic mass is 79.9. The van der Waals surface area contributed by atoms with Gasteiger partial charge in [-0.1, -0.05) is 28.1 Å². The van der Waals surface area contributed by atoms with E-state index in [0.29, 0.717) is 0 Å². The third-order valence-corrected chi connectivity index (χ3v) is 3.50. The van der Waals surface area contributed by atoms with E-state index in [1.54, 1.807) is 0 Å². The fourth-order valence-corrected chi connectivity index (χ4v) is 2.47. The Morgan fingerprint density at radius 1 is 1.38 bits per heavy atom. The van der Waals surface area contributed by atoms with Crippen molar-refractivity contribution in [3.05, 3.63) is 35.4 Å². The zero-order valence-electron chi connectivity index (χ0n) is 10.6. The third-order valence-electron chi connectivity index (χ3n) is 2.30. The van der Waals surface area contributed by atoms with Crippen molar-refractivity contribution in [2.24, 2.45) is 0 Å². The van der Waals surface area contributed by atoms with Crippen LogP contribution in [-0.2, 0) is 4.79 Å². The van der Waals surface area contributed by atoms with Crippen LogP contribution in [0.15, 0.2) is 29.2 Å². The summed E-state index contributed by atoms with van der Waals surface area (Å²) in [5.41, 5.74) is -4.57. The number of hydrogen-bond acceptors (Lipinski definition) is 3. The lowest BCUT2D eigenvalue weighted by molar-refractivity contribution is -0.131. The number of ketones is 1. The third kappa shape index (κ3) is 5.55. The summed E-state index contributed by atoms with van der Waals surface area (Å²) in [6.07, 6.45) is 1.87. The Bertz CT molecular complexity index is 583. The number of halogens is 4. The van der Waals surface area contributed by atoms with Gasteiger partial charge in [0.25, 0.3) is 0 Å². The van der Waals surface area contributed by atoms with Gasteiger partial charge in [0.1, 0.15) is 0 Å². The maximum atomic E-state index is 12.6. The minimum Gasteiger partial charge on any atom is -0.478 e. The normalized spacial score (nSPS) is 13.4. The first-order valence-corrected chi connectivity index (χ1v) is 7.33. The average molecular weight is 383 g/mol. The first-order valence-electron chi connectivity index (χ1n) is 5.60. The predicted molar refractivity (Wildman–Crippen MR) is 77.7 cm³/mol. The molecule has 0 aromatic heterocycles. The molecular weight excluding hydrogens is 373 g/mol. The van der Waals surface area contributed by atoms with E-state index in [1.165, 1.54) is 25.1 Å². The highest BCUT2D eigenvalue weighted by molar-refractivity contribution is 9.10. The summed E-state index contributed by atoms with van der Waals surface area (Å²) in [4.78, 5) is 21.7. The smallest absolute Gasteiger partial charge is 0.446 e. The number of hydrogen-bond donors (Lipinski definition) is 1. The van der Waals surface area contributed by atoms with Crippen molar-refractivity contribution in [1.82, 2.24) is 0 Å². The maximum absolute atomic E-state index is 12.6. The number of thioether (sulfide) groups is 1. The summed E-state index contributed by atoms with van der Waals surface area (Å²) in [6, 6.07) is 3.91. The van der Waals surface area contributed by atoms with Crippen LogP contribution < -0.4 is 0 Å². The summed E-state index contributed by atoms with van der Waals surface area (Å²) < 4.78 is 37.7. The number of rotatable bonds is 5. The van der Waals surface area contributed by atoms with Crippen LogP contribution in [-0.4, -0.2) is 27.2 Å². The lowest BCUT2D eigenvalue weighted by Crippen LogP contribution is -2.14. The van der Waals surface area contributed by atoms with Gasteiger partial charge in [-0.3, -0.25) is 4.79 Å². The van der Waals surface area contributed by atoms with Crippen LogP contribution >= 0.6 is 27.7 Å². The van der Waals surface area contributed by atoms with E-state index in [1.807, 2.05) is 0 Å². The fourth-order valence-electron chi connectivity index (χ4n) is 1.52. The second-order valence-electron chi connectivity index (χ2n) is 3.92. The molecule has 21 heavy (non-hydrogen) atoms. The highest BCUT2D eigenvalue weighted by Crippen LogP contribution is 2.40. The number of carboxylic acids is 1. The molecule has 0 radical (unpaired) electrons. The van der Waals surface area contributed by atoms with Crippen LogP contribution in [0, 0.1) is 0 Å². The van der Waals surface area contributed by atoms with Gasteiger partial charge >= 0.3 is 11.5 Å². The average Bonchev–Trinajstić information content (AvgIpc) is 2.33. The molecule has 0 fully saturated rings. The van der Waals surface area contributed by atoms with E-state index in [0.717, 1.165) is 12.2 Å². The number of aliphatic carboxylic acids is 1. The first-order chi connectivity index (χ1) is 9.61. The summed E-state index contributed by atoms with van der Waals surface area (Å²) in [7, 11) is 0. The van der Waals surface area contributed by atoms with Crippen LogP contribution in [0.25, 0.3) is 6.08 Å². The molecule has 1 aromatic rings. The van der Waals surface area contributed by atoms with Gasteiger partial charge in [-0.15, -0.1) is 0 Å². The van der Waals surface area contributed by atoms with Crippen LogP contribution in [0.1, 0.15) is 22.8 Å². The van der Waals surface area contributed by atoms with Crippen LogP contribution in [0.4, 0.5) is 13.2 Å². The molecule has 0 saturated carbocycles. The van der Waals surface area contributed by atoms with Gasteiger partial charge in [0.2, 0.25) is 0 Å².